The number of aromatic nitrogens is 1. The van der Waals surface area contributed by atoms with Crippen LogP contribution in [0.2, 0.25) is 0 Å². The van der Waals surface area contributed by atoms with E-state index in [1.807, 2.05) is 4.90 Å². The number of hydrogen-bond acceptors (Lipinski definition) is 5. The van der Waals surface area contributed by atoms with Crippen molar-refractivity contribution in [2.75, 3.05) is 30.3 Å². The summed E-state index contributed by atoms with van der Waals surface area (Å²) in [5.41, 5.74) is 6.40. The molecule has 1 aromatic heterocycles. The van der Waals surface area contributed by atoms with E-state index in [-0.39, 0.29) is 29.4 Å². The zero-order valence-electron chi connectivity index (χ0n) is 17.1. The fourth-order valence-corrected chi connectivity index (χ4v) is 4.80. The highest BCUT2D eigenvalue weighted by atomic mass is 32.2. The van der Waals surface area contributed by atoms with Gasteiger partial charge in [0.15, 0.2) is 0 Å². The molecule has 1 fully saturated rings. The summed E-state index contributed by atoms with van der Waals surface area (Å²) in [7, 11) is -3.77. The minimum atomic E-state index is -4.31. The lowest BCUT2D eigenvalue weighted by molar-refractivity contribution is -0.146. The third-order valence-electron chi connectivity index (χ3n) is 5.27. The molecule has 0 spiro atoms. The van der Waals surface area contributed by atoms with Gasteiger partial charge in [0.2, 0.25) is 10.0 Å². The van der Waals surface area contributed by atoms with E-state index in [4.69, 9.17) is 5.73 Å². The van der Waals surface area contributed by atoms with E-state index in [1.54, 1.807) is 19.1 Å². The number of sulfonamides is 1. The number of halogens is 3. The molecule has 1 aromatic carbocycles. The molecule has 2 atom stereocenters. The molecular formula is C21H23F3N4O2S. The van der Waals surface area contributed by atoms with Gasteiger partial charge >= 0.3 is 6.18 Å². The normalized spacial score (nSPS) is 18.9. The van der Waals surface area contributed by atoms with Crippen LogP contribution in [0.1, 0.15) is 25.3 Å². The fourth-order valence-electron chi connectivity index (χ4n) is 3.41. The molecule has 0 bridgehead atoms. The smallest absolute Gasteiger partial charge is 0.384 e. The van der Waals surface area contributed by atoms with Crippen molar-refractivity contribution in [3.05, 3.63) is 48.2 Å². The average Bonchev–Trinajstić information content (AvgIpc) is 2.73. The van der Waals surface area contributed by atoms with Gasteiger partial charge in [0.25, 0.3) is 0 Å². The molecule has 0 unspecified atom stereocenters. The van der Waals surface area contributed by atoms with Crippen molar-refractivity contribution in [1.29, 1.82) is 0 Å². The molecule has 0 aliphatic carbocycles. The predicted octanol–water partition coefficient (Wildman–Crippen LogP) is 3.23. The minimum absolute atomic E-state index is 0.0452. The van der Waals surface area contributed by atoms with E-state index in [0.29, 0.717) is 12.2 Å². The fraction of sp³-hybridized carbons (Fsp3) is 0.381. The van der Waals surface area contributed by atoms with Crippen LogP contribution in [0.15, 0.2) is 47.5 Å². The second-order valence-electron chi connectivity index (χ2n) is 7.24. The number of hydrogen-bond donors (Lipinski definition) is 1. The summed E-state index contributed by atoms with van der Waals surface area (Å²) in [6.45, 7) is 3.44. The number of pyridine rings is 1. The Morgan fingerprint density at radius 1 is 1.16 bits per heavy atom. The van der Waals surface area contributed by atoms with Crippen LogP contribution in [-0.2, 0) is 10.0 Å². The van der Waals surface area contributed by atoms with Gasteiger partial charge in [0, 0.05) is 31.5 Å². The summed E-state index contributed by atoms with van der Waals surface area (Å²) >= 11 is 0. The summed E-state index contributed by atoms with van der Waals surface area (Å²) in [5.74, 6) is 4.48. The summed E-state index contributed by atoms with van der Waals surface area (Å²) in [5, 5.41) is 0. The Labute approximate surface area is 179 Å². The lowest BCUT2D eigenvalue weighted by Gasteiger charge is -2.40. The van der Waals surface area contributed by atoms with Crippen LogP contribution < -0.4 is 10.6 Å². The van der Waals surface area contributed by atoms with E-state index in [9.17, 15) is 21.6 Å². The first-order chi connectivity index (χ1) is 14.5. The first-order valence-corrected chi connectivity index (χ1v) is 11.1. The van der Waals surface area contributed by atoms with Crippen molar-refractivity contribution in [2.45, 2.75) is 36.9 Å². The van der Waals surface area contributed by atoms with Crippen LogP contribution in [0.5, 0.6) is 0 Å². The van der Waals surface area contributed by atoms with Crippen LogP contribution in [0.25, 0.3) is 0 Å². The van der Waals surface area contributed by atoms with Gasteiger partial charge in [0.1, 0.15) is 16.8 Å². The number of piperazine rings is 1. The third kappa shape index (κ3) is 4.94. The third-order valence-corrected chi connectivity index (χ3v) is 7.12. The minimum Gasteiger partial charge on any atom is -0.384 e. The molecule has 1 aliphatic rings. The van der Waals surface area contributed by atoms with Gasteiger partial charge in [-0.15, -0.1) is 5.92 Å². The largest absolute Gasteiger partial charge is 0.395 e. The van der Waals surface area contributed by atoms with Crippen molar-refractivity contribution < 1.29 is 21.6 Å². The molecular weight excluding hydrogens is 429 g/mol. The Bertz CT molecular complexity index is 1070. The van der Waals surface area contributed by atoms with Crippen LogP contribution >= 0.6 is 0 Å². The van der Waals surface area contributed by atoms with Crippen molar-refractivity contribution in [3.63, 3.8) is 0 Å². The van der Waals surface area contributed by atoms with Crippen molar-refractivity contribution in [3.8, 4) is 11.8 Å². The molecule has 2 heterocycles. The molecule has 0 amide bonds. The lowest BCUT2D eigenvalue weighted by Crippen LogP contribution is -2.54. The lowest BCUT2D eigenvalue weighted by atomic mass is 10.00. The van der Waals surface area contributed by atoms with Crippen molar-refractivity contribution in [1.82, 2.24) is 9.29 Å². The Morgan fingerprint density at radius 3 is 2.39 bits per heavy atom. The van der Waals surface area contributed by atoms with Gasteiger partial charge < -0.3 is 10.6 Å². The van der Waals surface area contributed by atoms with Gasteiger partial charge in [-0.1, -0.05) is 18.1 Å². The summed E-state index contributed by atoms with van der Waals surface area (Å²) in [6.07, 6.45) is -3.09. The molecule has 10 heteroatoms. The first kappa shape index (κ1) is 22.9. The predicted molar refractivity (Wildman–Crippen MR) is 113 cm³/mol. The number of nitrogens with zero attached hydrogens (tertiary/aromatic N) is 3. The van der Waals surface area contributed by atoms with Crippen LogP contribution in [0.4, 0.5) is 24.7 Å². The number of nitrogen functional groups attached to an aromatic ring is 1. The van der Waals surface area contributed by atoms with Gasteiger partial charge in [-0.2, -0.15) is 17.5 Å². The zero-order chi connectivity index (χ0) is 22.8. The Balaban J connectivity index is 1.82. The molecule has 0 radical (unpaired) electrons. The summed E-state index contributed by atoms with van der Waals surface area (Å²) in [4.78, 5) is 5.80. The summed E-state index contributed by atoms with van der Waals surface area (Å²) in [6, 6.07) is 8.54. The maximum Gasteiger partial charge on any atom is 0.395 e. The van der Waals surface area contributed by atoms with Crippen molar-refractivity contribution >= 4 is 21.5 Å². The number of alkyl halides is 3. The molecule has 2 aromatic rings. The second-order valence-corrected chi connectivity index (χ2v) is 9.18. The summed E-state index contributed by atoms with van der Waals surface area (Å²) < 4.78 is 66.2. The molecule has 3 rings (SSSR count). The maximum atomic E-state index is 13.0. The molecule has 0 saturated carbocycles. The number of rotatable bonds is 4. The van der Waals surface area contributed by atoms with E-state index in [1.165, 1.54) is 34.8 Å². The average molecular weight is 453 g/mol. The van der Waals surface area contributed by atoms with Crippen LogP contribution in [-0.4, -0.2) is 49.6 Å². The highest BCUT2D eigenvalue weighted by Gasteiger charge is 2.37. The van der Waals surface area contributed by atoms with Gasteiger partial charge in [-0.05, 0) is 43.7 Å². The second kappa shape index (κ2) is 8.77. The standard InChI is InChI=1S/C21H23F3N4O2S/c1-3-4-18-14-27(31(29,30)19-9-10-20(25)26-13-19)11-12-28(18)17-7-5-16(6-8-17)15(2)21(22,23)24/h5-10,13,15,18H,11-12,14H2,1-2H3,(H2,25,26)/t15-,18+/m1/s1. The Hall–Kier alpha value is -2.77. The molecule has 2 N–H and O–H groups in total. The van der Waals surface area contributed by atoms with E-state index in [2.05, 4.69) is 16.8 Å². The zero-order valence-corrected chi connectivity index (χ0v) is 17.9. The highest BCUT2D eigenvalue weighted by Crippen LogP contribution is 2.35. The number of nitrogens with two attached hydrogens (primary N) is 1. The van der Waals surface area contributed by atoms with E-state index >= 15 is 0 Å². The topological polar surface area (TPSA) is 79.5 Å². The van der Waals surface area contributed by atoms with Gasteiger partial charge in [0.05, 0.1) is 5.92 Å². The molecule has 6 nitrogen and oxygen atoms in total. The van der Waals surface area contributed by atoms with Crippen LogP contribution in [0.3, 0.4) is 0 Å². The molecule has 31 heavy (non-hydrogen) atoms. The van der Waals surface area contributed by atoms with Crippen molar-refractivity contribution in [2.24, 2.45) is 0 Å². The number of anilines is 2. The number of benzene rings is 1. The highest BCUT2D eigenvalue weighted by molar-refractivity contribution is 7.89. The molecule has 166 valence electrons. The Morgan fingerprint density at radius 2 is 1.84 bits per heavy atom. The van der Waals surface area contributed by atoms with Gasteiger partial charge in [-0.25, -0.2) is 13.4 Å². The van der Waals surface area contributed by atoms with Crippen LogP contribution in [0, 0.1) is 11.8 Å². The Kier molecular flexibility index (Phi) is 6.48. The quantitative estimate of drug-likeness (QED) is 0.721. The first-order valence-electron chi connectivity index (χ1n) is 9.61. The maximum absolute atomic E-state index is 13.0. The van der Waals surface area contributed by atoms with Gasteiger partial charge in [-0.3, -0.25) is 0 Å². The molecule has 1 aliphatic heterocycles. The SMILES string of the molecule is CC#C[C@H]1CN(S(=O)(=O)c2ccc(N)nc2)CCN1c1ccc([C@@H](C)C(F)(F)F)cc1. The monoisotopic (exact) mass is 452 g/mol. The molecule has 1 saturated heterocycles. The van der Waals surface area contributed by atoms with E-state index < -0.39 is 28.2 Å². The van der Waals surface area contributed by atoms with E-state index in [0.717, 1.165) is 6.92 Å².